The Balaban J connectivity index is 2.19. The number of fused-ring (bicyclic) bond motifs is 1. The van der Waals surface area contributed by atoms with E-state index in [-0.39, 0.29) is 6.04 Å². The molecular formula is C14H16N4O. The van der Waals surface area contributed by atoms with Gasteiger partial charge in [-0.15, -0.1) is 0 Å². The van der Waals surface area contributed by atoms with Crippen LogP contribution in [0.5, 0.6) is 0 Å². The minimum absolute atomic E-state index is 0.0343. The molecule has 0 saturated carbocycles. The average Bonchev–Trinajstić information content (AvgIpc) is 2.93. The molecular weight excluding hydrogens is 240 g/mol. The summed E-state index contributed by atoms with van der Waals surface area (Å²) in [7, 11) is 0. The summed E-state index contributed by atoms with van der Waals surface area (Å²) in [6.07, 6.45) is 1.77. The monoisotopic (exact) mass is 256 g/mol. The van der Waals surface area contributed by atoms with Gasteiger partial charge in [0.05, 0.1) is 6.04 Å². The zero-order chi connectivity index (χ0) is 13.6. The summed E-state index contributed by atoms with van der Waals surface area (Å²) in [4.78, 5) is 8.80. The lowest BCUT2D eigenvalue weighted by molar-refractivity contribution is 0.434. The van der Waals surface area contributed by atoms with E-state index in [1.54, 1.807) is 6.20 Å². The molecule has 2 N–H and O–H groups in total. The lowest BCUT2D eigenvalue weighted by Crippen LogP contribution is -2.10. The van der Waals surface area contributed by atoms with Crippen LogP contribution in [0.2, 0.25) is 0 Å². The van der Waals surface area contributed by atoms with E-state index >= 15 is 0 Å². The molecule has 5 nitrogen and oxygen atoms in total. The molecule has 0 saturated heterocycles. The number of hydrogen-bond acceptors (Lipinski definition) is 4. The van der Waals surface area contributed by atoms with Crippen molar-refractivity contribution < 1.29 is 4.42 Å². The molecule has 0 aliphatic rings. The minimum Gasteiger partial charge on any atom is -0.464 e. The zero-order valence-electron chi connectivity index (χ0n) is 11.2. The maximum atomic E-state index is 6.04. The Bertz CT molecular complexity index is 741. The van der Waals surface area contributed by atoms with E-state index in [2.05, 4.69) is 9.97 Å². The highest BCUT2D eigenvalue weighted by Gasteiger charge is 2.19. The lowest BCUT2D eigenvalue weighted by Gasteiger charge is -2.12. The van der Waals surface area contributed by atoms with E-state index in [1.165, 1.54) is 0 Å². The number of nitrogens with zero attached hydrogens (tertiary/aromatic N) is 3. The molecule has 5 heteroatoms. The van der Waals surface area contributed by atoms with Crippen molar-refractivity contribution in [2.75, 3.05) is 5.73 Å². The predicted molar refractivity (Wildman–Crippen MR) is 73.9 cm³/mol. The molecule has 0 bridgehead atoms. The van der Waals surface area contributed by atoms with Crippen molar-refractivity contribution >= 4 is 17.1 Å². The second kappa shape index (κ2) is 4.12. The molecule has 0 aliphatic carbocycles. The van der Waals surface area contributed by atoms with Crippen LogP contribution >= 0.6 is 0 Å². The summed E-state index contributed by atoms with van der Waals surface area (Å²) in [6, 6.07) is 5.80. The van der Waals surface area contributed by atoms with Crippen LogP contribution in [0.1, 0.15) is 30.0 Å². The van der Waals surface area contributed by atoms with Crippen LogP contribution in [0.4, 0.5) is 5.95 Å². The number of pyridine rings is 1. The van der Waals surface area contributed by atoms with Crippen LogP contribution in [-0.2, 0) is 0 Å². The van der Waals surface area contributed by atoms with E-state index in [0.717, 1.165) is 28.2 Å². The van der Waals surface area contributed by atoms with Crippen molar-refractivity contribution in [3.05, 3.63) is 41.5 Å². The van der Waals surface area contributed by atoms with Crippen molar-refractivity contribution in [1.82, 2.24) is 14.5 Å². The molecule has 98 valence electrons. The molecule has 3 aromatic rings. The number of aromatic nitrogens is 3. The summed E-state index contributed by atoms with van der Waals surface area (Å²) in [5.74, 6) is 2.19. The fourth-order valence-corrected chi connectivity index (χ4v) is 2.31. The summed E-state index contributed by atoms with van der Waals surface area (Å²) in [6.45, 7) is 5.95. The molecule has 0 fully saturated rings. The lowest BCUT2D eigenvalue weighted by atomic mass is 10.2. The fourth-order valence-electron chi connectivity index (χ4n) is 2.31. The van der Waals surface area contributed by atoms with Crippen molar-refractivity contribution in [1.29, 1.82) is 0 Å². The highest BCUT2D eigenvalue weighted by molar-refractivity contribution is 5.77. The van der Waals surface area contributed by atoms with Gasteiger partial charge in [-0.1, -0.05) is 0 Å². The first-order valence-corrected chi connectivity index (χ1v) is 6.23. The molecule has 19 heavy (non-hydrogen) atoms. The average molecular weight is 256 g/mol. The van der Waals surface area contributed by atoms with Gasteiger partial charge in [-0.3, -0.25) is 4.57 Å². The summed E-state index contributed by atoms with van der Waals surface area (Å²) < 4.78 is 7.57. The van der Waals surface area contributed by atoms with Crippen molar-refractivity contribution in [2.24, 2.45) is 0 Å². The maximum Gasteiger partial charge on any atom is 0.203 e. The van der Waals surface area contributed by atoms with E-state index in [9.17, 15) is 0 Å². The Hall–Kier alpha value is -2.30. The first-order chi connectivity index (χ1) is 9.08. The zero-order valence-corrected chi connectivity index (χ0v) is 11.2. The summed E-state index contributed by atoms with van der Waals surface area (Å²) in [5, 5.41) is 0. The van der Waals surface area contributed by atoms with Gasteiger partial charge in [0.1, 0.15) is 17.0 Å². The van der Waals surface area contributed by atoms with Crippen LogP contribution in [-0.4, -0.2) is 14.5 Å². The van der Waals surface area contributed by atoms with Gasteiger partial charge < -0.3 is 10.2 Å². The van der Waals surface area contributed by atoms with Crippen LogP contribution in [0, 0.1) is 13.8 Å². The molecule has 0 spiro atoms. The smallest absolute Gasteiger partial charge is 0.203 e. The van der Waals surface area contributed by atoms with E-state index in [1.807, 2.05) is 43.5 Å². The largest absolute Gasteiger partial charge is 0.464 e. The molecule has 0 amide bonds. The Morgan fingerprint density at radius 3 is 2.74 bits per heavy atom. The standard InChI is InChI=1S/C14H16N4O/c1-8-6-7-16-13-12(8)17-14(15)18(13)10(3)11-5-4-9(2)19-11/h4-7,10H,1-3H3,(H2,15,17). The van der Waals surface area contributed by atoms with Gasteiger partial charge in [-0.05, 0) is 44.5 Å². The molecule has 3 heterocycles. The first kappa shape index (κ1) is 11.8. The van der Waals surface area contributed by atoms with Crippen molar-refractivity contribution in [3.63, 3.8) is 0 Å². The van der Waals surface area contributed by atoms with Gasteiger partial charge in [-0.2, -0.15) is 0 Å². The normalized spacial score (nSPS) is 13.0. The van der Waals surface area contributed by atoms with Crippen molar-refractivity contribution in [3.8, 4) is 0 Å². The molecule has 1 unspecified atom stereocenters. The van der Waals surface area contributed by atoms with Gasteiger partial charge in [0.2, 0.25) is 5.95 Å². The van der Waals surface area contributed by atoms with Gasteiger partial charge in [0.15, 0.2) is 5.65 Å². The Morgan fingerprint density at radius 1 is 1.26 bits per heavy atom. The quantitative estimate of drug-likeness (QED) is 0.765. The SMILES string of the molecule is Cc1ccc(C(C)n2c(N)nc3c(C)ccnc32)o1. The molecule has 0 aliphatic heterocycles. The van der Waals surface area contributed by atoms with Crippen LogP contribution in [0.15, 0.2) is 28.8 Å². The third-order valence-electron chi connectivity index (χ3n) is 3.37. The summed E-state index contributed by atoms with van der Waals surface area (Å²) >= 11 is 0. The van der Waals surface area contributed by atoms with Crippen LogP contribution in [0.25, 0.3) is 11.2 Å². The highest BCUT2D eigenvalue weighted by atomic mass is 16.3. The predicted octanol–water partition coefficient (Wildman–Crippen LogP) is 2.83. The number of imidazole rings is 1. The first-order valence-electron chi connectivity index (χ1n) is 6.23. The molecule has 3 aromatic heterocycles. The van der Waals surface area contributed by atoms with Gasteiger partial charge >= 0.3 is 0 Å². The minimum atomic E-state index is -0.0343. The second-order valence-electron chi connectivity index (χ2n) is 4.76. The van der Waals surface area contributed by atoms with Crippen LogP contribution in [0.3, 0.4) is 0 Å². The number of nitrogens with two attached hydrogens (primary N) is 1. The van der Waals surface area contributed by atoms with Gasteiger partial charge in [-0.25, -0.2) is 9.97 Å². The Morgan fingerprint density at radius 2 is 2.05 bits per heavy atom. The fraction of sp³-hybridized carbons (Fsp3) is 0.286. The number of furan rings is 1. The third-order valence-corrected chi connectivity index (χ3v) is 3.37. The number of hydrogen-bond donors (Lipinski definition) is 1. The van der Waals surface area contributed by atoms with E-state index < -0.39 is 0 Å². The third kappa shape index (κ3) is 1.78. The van der Waals surface area contributed by atoms with Crippen LogP contribution < -0.4 is 5.73 Å². The number of nitrogen functional groups attached to an aromatic ring is 1. The Labute approximate surface area is 111 Å². The highest BCUT2D eigenvalue weighted by Crippen LogP contribution is 2.28. The summed E-state index contributed by atoms with van der Waals surface area (Å²) in [5.41, 5.74) is 8.74. The van der Waals surface area contributed by atoms with Gasteiger partial charge in [0, 0.05) is 6.20 Å². The number of rotatable bonds is 2. The number of anilines is 1. The van der Waals surface area contributed by atoms with Gasteiger partial charge in [0.25, 0.3) is 0 Å². The van der Waals surface area contributed by atoms with E-state index in [0.29, 0.717) is 5.95 Å². The Kier molecular flexibility index (Phi) is 2.55. The molecule has 1 atom stereocenters. The molecule has 3 rings (SSSR count). The van der Waals surface area contributed by atoms with Crippen molar-refractivity contribution in [2.45, 2.75) is 26.8 Å². The second-order valence-corrected chi connectivity index (χ2v) is 4.76. The maximum absolute atomic E-state index is 6.04. The molecule has 0 radical (unpaired) electrons. The molecule has 0 aromatic carbocycles. The van der Waals surface area contributed by atoms with E-state index in [4.69, 9.17) is 10.2 Å². The number of aryl methyl sites for hydroxylation is 2. The topological polar surface area (TPSA) is 69.9 Å².